The average Bonchev–Trinajstić information content (AvgIpc) is 2.89. The second kappa shape index (κ2) is 6.22. The lowest BCUT2D eigenvalue weighted by atomic mass is 9.93. The van der Waals surface area contributed by atoms with Crippen LogP contribution in [-0.2, 0) is 6.42 Å². The second-order valence-corrected chi connectivity index (χ2v) is 6.06. The summed E-state index contributed by atoms with van der Waals surface area (Å²) in [4.78, 5) is 14.7. The molecule has 114 valence electrons. The van der Waals surface area contributed by atoms with Crippen LogP contribution in [0.4, 0.5) is 5.69 Å². The zero-order chi connectivity index (χ0) is 15.5. The minimum Gasteiger partial charge on any atom is -0.398 e. The molecule has 1 amide bonds. The number of amides is 1. The molecular weight excluding hydrogens is 272 g/mol. The molecule has 1 saturated heterocycles. The van der Waals surface area contributed by atoms with E-state index in [1.165, 1.54) is 5.56 Å². The van der Waals surface area contributed by atoms with Crippen molar-refractivity contribution in [2.75, 3.05) is 12.3 Å². The molecule has 3 nitrogen and oxygen atoms in total. The van der Waals surface area contributed by atoms with Crippen LogP contribution in [0.2, 0.25) is 0 Å². The Morgan fingerprint density at radius 2 is 1.82 bits per heavy atom. The molecule has 2 N–H and O–H groups in total. The number of rotatable bonds is 3. The van der Waals surface area contributed by atoms with Gasteiger partial charge in [0, 0.05) is 18.3 Å². The van der Waals surface area contributed by atoms with Gasteiger partial charge >= 0.3 is 0 Å². The zero-order valence-electron chi connectivity index (χ0n) is 12.9. The molecule has 0 spiro atoms. The Morgan fingerprint density at radius 3 is 2.55 bits per heavy atom. The van der Waals surface area contributed by atoms with E-state index in [0.717, 1.165) is 19.4 Å². The van der Waals surface area contributed by atoms with Crippen molar-refractivity contribution >= 4 is 11.6 Å². The van der Waals surface area contributed by atoms with Crippen molar-refractivity contribution in [2.45, 2.75) is 25.8 Å². The molecule has 0 bridgehead atoms. The molecule has 1 aliphatic rings. The molecule has 2 unspecified atom stereocenters. The quantitative estimate of drug-likeness (QED) is 0.882. The number of anilines is 1. The lowest BCUT2D eigenvalue weighted by Crippen LogP contribution is -2.36. The van der Waals surface area contributed by atoms with Gasteiger partial charge in [0.2, 0.25) is 0 Å². The monoisotopic (exact) mass is 294 g/mol. The van der Waals surface area contributed by atoms with Crippen molar-refractivity contribution in [1.82, 2.24) is 4.90 Å². The van der Waals surface area contributed by atoms with Crippen LogP contribution in [0.15, 0.2) is 54.6 Å². The van der Waals surface area contributed by atoms with Crippen LogP contribution in [-0.4, -0.2) is 23.4 Å². The molecule has 0 saturated carbocycles. The maximum Gasteiger partial charge on any atom is 0.256 e. The smallest absolute Gasteiger partial charge is 0.256 e. The summed E-state index contributed by atoms with van der Waals surface area (Å²) in [6, 6.07) is 18.1. The molecule has 0 aromatic heterocycles. The van der Waals surface area contributed by atoms with Crippen molar-refractivity contribution < 1.29 is 4.79 Å². The number of carbonyl (C=O) groups is 1. The summed E-state index contributed by atoms with van der Waals surface area (Å²) in [5.41, 5.74) is 8.47. The van der Waals surface area contributed by atoms with E-state index in [0.29, 0.717) is 17.2 Å². The van der Waals surface area contributed by atoms with E-state index in [1.807, 2.05) is 29.2 Å². The summed E-state index contributed by atoms with van der Waals surface area (Å²) in [6.07, 6.45) is 2.07. The number of nitrogens with two attached hydrogens (primary N) is 1. The Labute approximate surface area is 131 Å². The Bertz CT molecular complexity index is 653. The fourth-order valence-corrected chi connectivity index (χ4v) is 3.33. The van der Waals surface area contributed by atoms with Crippen molar-refractivity contribution in [2.24, 2.45) is 5.92 Å². The Balaban J connectivity index is 1.72. The van der Waals surface area contributed by atoms with Gasteiger partial charge in [-0.1, -0.05) is 42.5 Å². The lowest BCUT2D eigenvalue weighted by Gasteiger charge is -2.25. The first-order chi connectivity index (χ1) is 10.7. The van der Waals surface area contributed by atoms with E-state index in [9.17, 15) is 4.79 Å². The number of benzene rings is 2. The summed E-state index contributed by atoms with van der Waals surface area (Å²) >= 11 is 0. The molecule has 1 fully saturated rings. The molecular formula is C19H22N2O. The zero-order valence-corrected chi connectivity index (χ0v) is 12.9. The summed E-state index contributed by atoms with van der Waals surface area (Å²) in [6.45, 7) is 2.96. The molecule has 2 aromatic rings. The third kappa shape index (κ3) is 2.84. The number of nitrogen functional groups attached to an aromatic ring is 1. The van der Waals surface area contributed by atoms with E-state index < -0.39 is 0 Å². The predicted octanol–water partition coefficient (Wildman–Crippen LogP) is 3.36. The minimum absolute atomic E-state index is 0.0566. The van der Waals surface area contributed by atoms with E-state index >= 15 is 0 Å². The highest BCUT2D eigenvalue weighted by Gasteiger charge is 2.34. The molecule has 1 aliphatic heterocycles. The summed E-state index contributed by atoms with van der Waals surface area (Å²) in [7, 11) is 0. The average molecular weight is 294 g/mol. The Hall–Kier alpha value is -2.29. The standard InChI is InChI=1S/C19H22N2O/c1-14-16(13-15-7-3-2-4-8-15)11-12-21(14)19(22)17-9-5-6-10-18(17)20/h2-10,14,16H,11-13,20H2,1H3. The number of hydrogen-bond donors (Lipinski definition) is 1. The van der Waals surface area contributed by atoms with Crippen molar-refractivity contribution in [1.29, 1.82) is 0 Å². The van der Waals surface area contributed by atoms with Gasteiger partial charge in [-0.05, 0) is 43.4 Å². The van der Waals surface area contributed by atoms with Gasteiger partial charge in [-0.25, -0.2) is 0 Å². The van der Waals surface area contributed by atoms with Crippen molar-refractivity contribution in [3.05, 3.63) is 65.7 Å². The largest absolute Gasteiger partial charge is 0.398 e. The van der Waals surface area contributed by atoms with E-state index in [4.69, 9.17) is 5.73 Å². The molecule has 3 heteroatoms. The van der Waals surface area contributed by atoms with Gasteiger partial charge in [0.25, 0.3) is 5.91 Å². The van der Waals surface area contributed by atoms with E-state index in [1.54, 1.807) is 6.07 Å². The topological polar surface area (TPSA) is 46.3 Å². The van der Waals surface area contributed by atoms with Crippen molar-refractivity contribution in [3.63, 3.8) is 0 Å². The maximum absolute atomic E-state index is 12.7. The van der Waals surface area contributed by atoms with Gasteiger partial charge in [0.1, 0.15) is 0 Å². The van der Waals surface area contributed by atoms with Crippen LogP contribution >= 0.6 is 0 Å². The van der Waals surface area contributed by atoms with E-state index in [-0.39, 0.29) is 11.9 Å². The number of hydrogen-bond acceptors (Lipinski definition) is 2. The number of nitrogens with zero attached hydrogens (tertiary/aromatic N) is 1. The summed E-state index contributed by atoms with van der Waals surface area (Å²) in [5, 5.41) is 0. The Kier molecular flexibility index (Phi) is 4.14. The third-order valence-corrected chi connectivity index (χ3v) is 4.71. The maximum atomic E-state index is 12.7. The number of carbonyl (C=O) groups excluding carboxylic acids is 1. The van der Waals surface area contributed by atoms with Gasteiger partial charge in [-0.2, -0.15) is 0 Å². The normalized spacial score (nSPS) is 21.0. The highest BCUT2D eigenvalue weighted by atomic mass is 16.2. The molecule has 0 radical (unpaired) electrons. The summed E-state index contributed by atoms with van der Waals surface area (Å²) in [5.74, 6) is 0.567. The first-order valence-corrected chi connectivity index (χ1v) is 7.86. The SMILES string of the molecule is CC1C(Cc2ccccc2)CCN1C(=O)c1ccccc1N. The van der Waals surface area contributed by atoms with Crippen LogP contribution in [0.1, 0.15) is 29.3 Å². The van der Waals surface area contributed by atoms with Crippen LogP contribution in [0.5, 0.6) is 0 Å². The van der Waals surface area contributed by atoms with Gasteiger partial charge in [0.15, 0.2) is 0 Å². The highest BCUT2D eigenvalue weighted by molar-refractivity contribution is 5.99. The van der Waals surface area contributed by atoms with Crippen LogP contribution in [0.25, 0.3) is 0 Å². The fourth-order valence-electron chi connectivity index (χ4n) is 3.33. The molecule has 22 heavy (non-hydrogen) atoms. The van der Waals surface area contributed by atoms with Crippen LogP contribution in [0.3, 0.4) is 0 Å². The lowest BCUT2D eigenvalue weighted by molar-refractivity contribution is 0.0733. The van der Waals surface area contributed by atoms with Gasteiger partial charge < -0.3 is 10.6 Å². The number of para-hydroxylation sites is 1. The number of likely N-dealkylation sites (tertiary alicyclic amines) is 1. The van der Waals surface area contributed by atoms with Crippen molar-refractivity contribution in [3.8, 4) is 0 Å². The van der Waals surface area contributed by atoms with Crippen LogP contribution < -0.4 is 5.73 Å². The third-order valence-electron chi connectivity index (χ3n) is 4.71. The predicted molar refractivity (Wildman–Crippen MR) is 89.6 cm³/mol. The molecule has 2 aromatic carbocycles. The molecule has 1 heterocycles. The van der Waals surface area contributed by atoms with Gasteiger partial charge in [-0.15, -0.1) is 0 Å². The second-order valence-electron chi connectivity index (χ2n) is 6.06. The van der Waals surface area contributed by atoms with E-state index in [2.05, 4.69) is 31.2 Å². The van der Waals surface area contributed by atoms with Crippen LogP contribution in [0, 0.1) is 5.92 Å². The fraction of sp³-hybridized carbons (Fsp3) is 0.316. The molecule has 2 atom stereocenters. The first-order valence-electron chi connectivity index (χ1n) is 7.86. The first kappa shape index (κ1) is 14.6. The Morgan fingerprint density at radius 1 is 1.14 bits per heavy atom. The molecule has 3 rings (SSSR count). The van der Waals surface area contributed by atoms with Gasteiger partial charge in [0.05, 0.1) is 5.56 Å². The van der Waals surface area contributed by atoms with Gasteiger partial charge in [-0.3, -0.25) is 4.79 Å². The molecule has 0 aliphatic carbocycles. The minimum atomic E-state index is 0.0566. The highest BCUT2D eigenvalue weighted by Crippen LogP contribution is 2.29. The summed E-state index contributed by atoms with van der Waals surface area (Å²) < 4.78 is 0.